The zero-order chi connectivity index (χ0) is 13.1. The van der Waals surface area contributed by atoms with Crippen LogP contribution in [-0.2, 0) is 6.54 Å². The quantitative estimate of drug-likeness (QED) is 0.925. The highest BCUT2D eigenvalue weighted by Crippen LogP contribution is 2.21. The lowest BCUT2D eigenvalue weighted by atomic mass is 10.2. The molecule has 0 aliphatic carbocycles. The van der Waals surface area contributed by atoms with Crippen molar-refractivity contribution in [2.75, 3.05) is 5.32 Å². The van der Waals surface area contributed by atoms with Crippen LogP contribution in [0.1, 0.15) is 11.1 Å². The number of aromatic nitrogens is 1. The minimum Gasteiger partial charge on any atom is -0.365 e. The van der Waals surface area contributed by atoms with Gasteiger partial charge < -0.3 is 5.32 Å². The number of nitrogens with one attached hydrogen (secondary N) is 1. The Morgan fingerprint density at radius 3 is 2.72 bits per heavy atom. The van der Waals surface area contributed by atoms with Crippen molar-refractivity contribution in [3.63, 3.8) is 0 Å². The summed E-state index contributed by atoms with van der Waals surface area (Å²) in [5, 5.41) is 3.00. The number of nitrogens with zero attached hydrogens (tertiary/aromatic N) is 1. The smallest absolute Gasteiger partial charge is 0.140 e. The van der Waals surface area contributed by atoms with Gasteiger partial charge in [0.2, 0.25) is 0 Å². The average molecular weight is 313 g/mol. The van der Waals surface area contributed by atoms with E-state index in [9.17, 15) is 8.78 Å². The molecule has 0 bridgehead atoms. The molecule has 0 saturated carbocycles. The monoisotopic (exact) mass is 312 g/mol. The number of hydrogen-bond donors (Lipinski definition) is 1. The van der Waals surface area contributed by atoms with E-state index in [0.29, 0.717) is 11.4 Å². The van der Waals surface area contributed by atoms with E-state index in [2.05, 4.69) is 26.2 Å². The largest absolute Gasteiger partial charge is 0.365 e. The predicted octanol–water partition coefficient (Wildman–Crippen LogP) is 4.04. The fourth-order valence-corrected chi connectivity index (χ4v) is 2.11. The molecule has 1 aromatic heterocycles. The molecule has 0 amide bonds. The predicted molar refractivity (Wildman–Crippen MR) is 70.4 cm³/mol. The molecule has 2 nitrogen and oxygen atoms in total. The summed E-state index contributed by atoms with van der Waals surface area (Å²) < 4.78 is 27.0. The van der Waals surface area contributed by atoms with Gasteiger partial charge in [0, 0.05) is 24.4 Å². The molecule has 2 aromatic rings. The molecule has 0 aliphatic rings. The van der Waals surface area contributed by atoms with E-state index in [1.54, 1.807) is 6.20 Å². The second-order valence-corrected chi connectivity index (χ2v) is 4.79. The molecule has 0 spiro atoms. The van der Waals surface area contributed by atoms with E-state index < -0.39 is 11.6 Å². The minimum absolute atomic E-state index is 0.251. The molecule has 2 rings (SSSR count). The second-order valence-electron chi connectivity index (χ2n) is 3.93. The van der Waals surface area contributed by atoms with Gasteiger partial charge in [0.05, 0.1) is 4.47 Å². The van der Waals surface area contributed by atoms with Crippen molar-refractivity contribution < 1.29 is 8.78 Å². The molecule has 0 atom stereocenters. The van der Waals surface area contributed by atoms with Crippen LogP contribution in [0.15, 0.2) is 34.9 Å². The van der Waals surface area contributed by atoms with Gasteiger partial charge in [0.25, 0.3) is 0 Å². The summed E-state index contributed by atoms with van der Waals surface area (Å²) in [5.41, 5.74) is 1.42. The number of anilines is 1. The Morgan fingerprint density at radius 2 is 2.06 bits per heavy atom. The van der Waals surface area contributed by atoms with E-state index >= 15 is 0 Å². The van der Waals surface area contributed by atoms with Crippen LogP contribution in [-0.4, -0.2) is 4.98 Å². The Balaban J connectivity index is 2.11. The SMILES string of the molecule is Cc1cnc(NCc2ccc(F)cc2F)c(Br)c1. The lowest BCUT2D eigenvalue weighted by Gasteiger charge is -2.09. The summed E-state index contributed by atoms with van der Waals surface area (Å²) in [7, 11) is 0. The zero-order valence-electron chi connectivity index (χ0n) is 9.67. The first-order valence-corrected chi connectivity index (χ1v) is 6.15. The Kier molecular flexibility index (Phi) is 3.91. The van der Waals surface area contributed by atoms with Gasteiger partial charge in [-0.1, -0.05) is 6.07 Å². The molecule has 0 radical (unpaired) electrons. The van der Waals surface area contributed by atoms with Gasteiger partial charge in [0.15, 0.2) is 0 Å². The lowest BCUT2D eigenvalue weighted by molar-refractivity contribution is 0.574. The normalized spacial score (nSPS) is 10.4. The Bertz CT molecular complexity index is 521. The highest BCUT2D eigenvalue weighted by atomic mass is 79.9. The molecule has 1 heterocycles. The van der Waals surface area contributed by atoms with Gasteiger partial charge in [-0.2, -0.15) is 0 Å². The standard InChI is InChI=1S/C13H11BrF2N2/c1-8-4-11(14)13(17-6-8)18-7-9-2-3-10(15)5-12(9)16/h2-6H,7H2,1H3,(H,17,18). The van der Waals surface area contributed by atoms with Crippen molar-refractivity contribution >= 4 is 21.7 Å². The first-order valence-electron chi connectivity index (χ1n) is 5.36. The van der Waals surface area contributed by atoms with Gasteiger partial charge >= 0.3 is 0 Å². The summed E-state index contributed by atoms with van der Waals surface area (Å²) >= 11 is 3.37. The number of benzene rings is 1. The fourth-order valence-electron chi connectivity index (χ4n) is 1.51. The van der Waals surface area contributed by atoms with Crippen molar-refractivity contribution in [3.8, 4) is 0 Å². The molecule has 94 valence electrons. The highest BCUT2D eigenvalue weighted by molar-refractivity contribution is 9.10. The van der Waals surface area contributed by atoms with Gasteiger partial charge in [0.1, 0.15) is 17.5 Å². The summed E-state index contributed by atoms with van der Waals surface area (Å²) in [6, 6.07) is 5.43. The molecular weight excluding hydrogens is 302 g/mol. The Morgan fingerprint density at radius 1 is 1.28 bits per heavy atom. The fraction of sp³-hybridized carbons (Fsp3) is 0.154. The van der Waals surface area contributed by atoms with Crippen molar-refractivity contribution in [3.05, 3.63) is 57.7 Å². The van der Waals surface area contributed by atoms with Crippen LogP contribution in [0.5, 0.6) is 0 Å². The maximum atomic E-state index is 13.4. The van der Waals surface area contributed by atoms with Crippen LogP contribution in [0.4, 0.5) is 14.6 Å². The first-order chi connectivity index (χ1) is 8.56. The Hall–Kier alpha value is -1.49. The molecule has 0 fully saturated rings. The number of rotatable bonds is 3. The summed E-state index contributed by atoms with van der Waals surface area (Å²) in [5.74, 6) is -0.513. The summed E-state index contributed by atoms with van der Waals surface area (Å²) in [6.07, 6.45) is 1.72. The van der Waals surface area contributed by atoms with Crippen LogP contribution < -0.4 is 5.32 Å². The highest BCUT2D eigenvalue weighted by Gasteiger charge is 2.05. The third-order valence-corrected chi connectivity index (χ3v) is 3.04. The van der Waals surface area contributed by atoms with Crippen LogP contribution >= 0.6 is 15.9 Å². The molecular formula is C13H11BrF2N2. The van der Waals surface area contributed by atoms with Crippen LogP contribution in [0.3, 0.4) is 0 Å². The van der Waals surface area contributed by atoms with Gasteiger partial charge in [-0.25, -0.2) is 13.8 Å². The summed E-state index contributed by atoms with van der Waals surface area (Å²) in [4.78, 5) is 4.19. The van der Waals surface area contributed by atoms with Crippen molar-refractivity contribution in [2.24, 2.45) is 0 Å². The van der Waals surface area contributed by atoms with Crippen LogP contribution in [0.25, 0.3) is 0 Å². The van der Waals surface area contributed by atoms with E-state index in [1.165, 1.54) is 12.1 Å². The Labute approximate surface area is 112 Å². The average Bonchev–Trinajstić information content (AvgIpc) is 2.30. The van der Waals surface area contributed by atoms with Crippen molar-refractivity contribution in [1.82, 2.24) is 4.98 Å². The van der Waals surface area contributed by atoms with Crippen LogP contribution in [0, 0.1) is 18.6 Å². The maximum absolute atomic E-state index is 13.4. The first kappa shape index (κ1) is 13.0. The summed E-state index contributed by atoms with van der Waals surface area (Å²) in [6.45, 7) is 2.18. The van der Waals surface area contributed by atoms with E-state index in [1.807, 2.05) is 13.0 Å². The second kappa shape index (κ2) is 5.44. The molecule has 0 saturated heterocycles. The zero-order valence-corrected chi connectivity index (χ0v) is 11.3. The number of aryl methyl sites for hydroxylation is 1. The van der Waals surface area contributed by atoms with Gasteiger partial charge in [-0.05, 0) is 40.5 Å². The van der Waals surface area contributed by atoms with Crippen LogP contribution in [0.2, 0.25) is 0 Å². The number of halogens is 3. The molecule has 1 N–H and O–H groups in total. The molecule has 5 heteroatoms. The van der Waals surface area contributed by atoms with Gasteiger partial charge in [-0.3, -0.25) is 0 Å². The maximum Gasteiger partial charge on any atom is 0.140 e. The number of pyridine rings is 1. The molecule has 0 aliphatic heterocycles. The van der Waals surface area contributed by atoms with E-state index in [-0.39, 0.29) is 6.54 Å². The van der Waals surface area contributed by atoms with Gasteiger partial charge in [-0.15, -0.1) is 0 Å². The molecule has 0 unspecified atom stereocenters. The molecule has 18 heavy (non-hydrogen) atoms. The van der Waals surface area contributed by atoms with Crippen molar-refractivity contribution in [2.45, 2.75) is 13.5 Å². The number of hydrogen-bond acceptors (Lipinski definition) is 2. The van der Waals surface area contributed by atoms with Crippen molar-refractivity contribution in [1.29, 1.82) is 0 Å². The molecule has 1 aromatic carbocycles. The third kappa shape index (κ3) is 3.04. The van der Waals surface area contributed by atoms with E-state index in [0.717, 1.165) is 16.1 Å². The topological polar surface area (TPSA) is 24.9 Å². The third-order valence-electron chi connectivity index (χ3n) is 2.44. The minimum atomic E-state index is -0.578. The van der Waals surface area contributed by atoms with E-state index in [4.69, 9.17) is 0 Å². The lowest BCUT2D eigenvalue weighted by Crippen LogP contribution is -2.04.